The third kappa shape index (κ3) is 4.04. The molecule has 0 saturated carbocycles. The lowest BCUT2D eigenvalue weighted by Crippen LogP contribution is -2.38. The molecule has 21 heavy (non-hydrogen) atoms. The van der Waals surface area contributed by atoms with Gasteiger partial charge < -0.3 is 20.0 Å². The highest BCUT2D eigenvalue weighted by Crippen LogP contribution is 2.25. The SMILES string of the molecule is Cc1ccc(C)c(NC(=O)[C@H](CC(=O)[O-])[C@@H]2CCCO2)c1. The van der Waals surface area contributed by atoms with Crippen molar-refractivity contribution < 1.29 is 19.4 Å². The molecule has 0 aromatic heterocycles. The molecule has 0 unspecified atom stereocenters. The molecule has 1 saturated heterocycles. The minimum atomic E-state index is -1.23. The van der Waals surface area contributed by atoms with Crippen molar-refractivity contribution in [3.05, 3.63) is 29.3 Å². The number of anilines is 1. The highest BCUT2D eigenvalue weighted by molar-refractivity contribution is 5.95. The molecule has 1 heterocycles. The molecule has 2 rings (SSSR count). The van der Waals surface area contributed by atoms with E-state index in [4.69, 9.17) is 4.74 Å². The second kappa shape index (κ2) is 6.72. The minimum Gasteiger partial charge on any atom is -0.550 e. The van der Waals surface area contributed by atoms with Gasteiger partial charge in [0.05, 0.1) is 12.0 Å². The molecule has 0 bridgehead atoms. The van der Waals surface area contributed by atoms with E-state index in [1.54, 1.807) is 0 Å². The lowest BCUT2D eigenvalue weighted by Gasteiger charge is -2.23. The molecular formula is C16H20NO4-. The fraction of sp³-hybridized carbons (Fsp3) is 0.500. The van der Waals surface area contributed by atoms with Gasteiger partial charge in [0.1, 0.15) is 0 Å². The van der Waals surface area contributed by atoms with Crippen molar-refractivity contribution in [2.75, 3.05) is 11.9 Å². The number of aliphatic carboxylic acids is 1. The van der Waals surface area contributed by atoms with E-state index in [0.29, 0.717) is 18.7 Å². The standard InChI is InChI=1S/C16H21NO4/c1-10-5-6-11(2)13(8-10)17-16(20)12(9-15(18)19)14-4-3-7-21-14/h5-6,8,12,14H,3-4,7,9H2,1-2H3,(H,17,20)(H,18,19)/p-1/t12-,14+/m1/s1. The van der Waals surface area contributed by atoms with Crippen molar-refractivity contribution in [2.24, 2.45) is 5.92 Å². The van der Waals surface area contributed by atoms with Crippen molar-refractivity contribution in [2.45, 2.75) is 39.2 Å². The van der Waals surface area contributed by atoms with Gasteiger partial charge in [0.25, 0.3) is 0 Å². The minimum absolute atomic E-state index is 0.318. The van der Waals surface area contributed by atoms with Crippen LogP contribution >= 0.6 is 0 Å². The van der Waals surface area contributed by atoms with E-state index in [1.807, 2.05) is 32.0 Å². The van der Waals surface area contributed by atoms with Crippen LogP contribution in [0.25, 0.3) is 0 Å². The zero-order valence-electron chi connectivity index (χ0n) is 12.3. The molecular weight excluding hydrogens is 270 g/mol. The van der Waals surface area contributed by atoms with Crippen LogP contribution < -0.4 is 10.4 Å². The summed E-state index contributed by atoms with van der Waals surface area (Å²) in [5.41, 5.74) is 2.68. The second-order valence-corrected chi connectivity index (χ2v) is 5.54. The number of ether oxygens (including phenoxy) is 1. The quantitative estimate of drug-likeness (QED) is 0.883. The number of hydrogen-bond acceptors (Lipinski definition) is 4. The average molecular weight is 290 g/mol. The Balaban J connectivity index is 2.13. The molecule has 2 atom stereocenters. The molecule has 1 aromatic carbocycles. The van der Waals surface area contributed by atoms with Crippen LogP contribution in [0.2, 0.25) is 0 Å². The molecule has 0 radical (unpaired) electrons. The first-order chi connectivity index (χ1) is 9.97. The molecule has 1 aliphatic rings. The molecule has 1 aliphatic heterocycles. The van der Waals surface area contributed by atoms with Crippen LogP contribution in [-0.4, -0.2) is 24.6 Å². The number of benzene rings is 1. The number of carbonyl (C=O) groups excluding carboxylic acids is 2. The number of nitrogens with one attached hydrogen (secondary N) is 1. The van der Waals surface area contributed by atoms with Crippen molar-refractivity contribution in [1.29, 1.82) is 0 Å². The zero-order chi connectivity index (χ0) is 15.4. The maximum Gasteiger partial charge on any atom is 0.230 e. The summed E-state index contributed by atoms with van der Waals surface area (Å²) in [5.74, 6) is -2.26. The Kier molecular flexibility index (Phi) is 4.96. The Bertz CT molecular complexity index is 535. The van der Waals surface area contributed by atoms with Crippen molar-refractivity contribution in [1.82, 2.24) is 0 Å². The lowest BCUT2D eigenvalue weighted by atomic mass is 9.95. The Morgan fingerprint density at radius 1 is 1.43 bits per heavy atom. The van der Waals surface area contributed by atoms with Gasteiger partial charge in [0.2, 0.25) is 5.91 Å². The van der Waals surface area contributed by atoms with Gasteiger partial charge in [-0.1, -0.05) is 12.1 Å². The topological polar surface area (TPSA) is 78.5 Å². The van der Waals surface area contributed by atoms with E-state index in [0.717, 1.165) is 17.5 Å². The Labute approximate surface area is 124 Å². The molecule has 5 nitrogen and oxygen atoms in total. The molecule has 0 spiro atoms. The third-order valence-electron chi connectivity index (χ3n) is 3.79. The summed E-state index contributed by atoms with van der Waals surface area (Å²) in [6.07, 6.45) is 0.901. The fourth-order valence-electron chi connectivity index (χ4n) is 2.59. The molecule has 1 fully saturated rings. The van der Waals surface area contributed by atoms with E-state index < -0.39 is 11.9 Å². The van der Waals surface area contributed by atoms with Gasteiger partial charge in [0, 0.05) is 24.7 Å². The van der Waals surface area contributed by atoms with Gasteiger partial charge in [-0.15, -0.1) is 0 Å². The summed E-state index contributed by atoms with van der Waals surface area (Å²) in [6.45, 7) is 4.41. The van der Waals surface area contributed by atoms with Gasteiger partial charge >= 0.3 is 0 Å². The van der Waals surface area contributed by atoms with Crippen LogP contribution in [0.5, 0.6) is 0 Å². The molecule has 0 aliphatic carbocycles. The number of aryl methyl sites for hydroxylation is 2. The highest BCUT2D eigenvalue weighted by Gasteiger charge is 2.32. The first-order valence-electron chi connectivity index (χ1n) is 7.17. The van der Waals surface area contributed by atoms with Crippen LogP contribution in [0, 0.1) is 19.8 Å². The molecule has 114 valence electrons. The smallest absolute Gasteiger partial charge is 0.230 e. The summed E-state index contributed by atoms with van der Waals surface area (Å²) in [5, 5.41) is 13.7. The molecule has 1 amide bonds. The first kappa shape index (κ1) is 15.5. The Hall–Kier alpha value is -1.88. The maximum absolute atomic E-state index is 12.4. The largest absolute Gasteiger partial charge is 0.550 e. The van der Waals surface area contributed by atoms with Gasteiger partial charge in [-0.05, 0) is 43.9 Å². The Morgan fingerprint density at radius 2 is 2.19 bits per heavy atom. The number of carboxylic acids is 1. The third-order valence-corrected chi connectivity index (χ3v) is 3.79. The summed E-state index contributed by atoms with van der Waals surface area (Å²) in [6, 6.07) is 5.76. The van der Waals surface area contributed by atoms with Gasteiger partial charge in [-0.2, -0.15) is 0 Å². The van der Waals surface area contributed by atoms with Gasteiger partial charge in [-0.3, -0.25) is 4.79 Å². The number of carboxylic acid groups (broad SMARTS) is 1. The predicted octanol–water partition coefficient (Wildman–Crippen LogP) is 1.18. The van der Waals surface area contributed by atoms with Gasteiger partial charge in [-0.25, -0.2) is 0 Å². The molecule has 1 N–H and O–H groups in total. The van der Waals surface area contributed by atoms with Crippen LogP contribution in [0.15, 0.2) is 18.2 Å². The van der Waals surface area contributed by atoms with Gasteiger partial charge in [0.15, 0.2) is 0 Å². The van der Waals surface area contributed by atoms with E-state index >= 15 is 0 Å². The second-order valence-electron chi connectivity index (χ2n) is 5.54. The maximum atomic E-state index is 12.4. The zero-order valence-corrected chi connectivity index (χ0v) is 12.3. The van der Waals surface area contributed by atoms with Crippen LogP contribution in [0.1, 0.15) is 30.4 Å². The number of carbonyl (C=O) groups is 2. The average Bonchev–Trinajstić information content (AvgIpc) is 2.93. The molecule has 5 heteroatoms. The van der Waals surface area contributed by atoms with E-state index in [1.165, 1.54) is 0 Å². The van der Waals surface area contributed by atoms with Crippen LogP contribution in [0.3, 0.4) is 0 Å². The van der Waals surface area contributed by atoms with Crippen molar-refractivity contribution >= 4 is 17.6 Å². The monoisotopic (exact) mass is 290 g/mol. The summed E-state index contributed by atoms with van der Waals surface area (Å²) in [4.78, 5) is 23.3. The van der Waals surface area contributed by atoms with Crippen molar-refractivity contribution in [3.8, 4) is 0 Å². The van der Waals surface area contributed by atoms with Crippen LogP contribution in [0.4, 0.5) is 5.69 Å². The summed E-state index contributed by atoms with van der Waals surface area (Å²) in [7, 11) is 0. The highest BCUT2D eigenvalue weighted by atomic mass is 16.5. The fourth-order valence-corrected chi connectivity index (χ4v) is 2.59. The molecule has 1 aromatic rings. The van der Waals surface area contributed by atoms with Crippen LogP contribution in [-0.2, 0) is 14.3 Å². The first-order valence-corrected chi connectivity index (χ1v) is 7.17. The lowest BCUT2D eigenvalue weighted by molar-refractivity contribution is -0.307. The number of hydrogen-bond donors (Lipinski definition) is 1. The van der Waals surface area contributed by atoms with Crippen molar-refractivity contribution in [3.63, 3.8) is 0 Å². The number of amides is 1. The normalized spacial score (nSPS) is 19.2. The Morgan fingerprint density at radius 3 is 2.81 bits per heavy atom. The predicted molar refractivity (Wildman–Crippen MR) is 76.6 cm³/mol. The van der Waals surface area contributed by atoms with E-state index in [-0.39, 0.29) is 18.4 Å². The van der Waals surface area contributed by atoms with E-state index in [9.17, 15) is 14.7 Å². The summed E-state index contributed by atoms with van der Waals surface area (Å²) >= 11 is 0. The number of rotatable bonds is 5. The summed E-state index contributed by atoms with van der Waals surface area (Å²) < 4.78 is 5.48. The van der Waals surface area contributed by atoms with E-state index in [2.05, 4.69) is 5.32 Å².